The van der Waals surface area contributed by atoms with E-state index in [2.05, 4.69) is 19.9 Å². The molecule has 2 N–H and O–H groups in total. The summed E-state index contributed by atoms with van der Waals surface area (Å²) in [5.41, 5.74) is 2.17. The maximum absolute atomic E-state index is 13.0. The number of rotatable bonds is 8. The number of sulfonamides is 1. The molecule has 1 atom stereocenters. The van der Waals surface area contributed by atoms with Gasteiger partial charge < -0.3 is 15.0 Å². The number of nitrogens with one attached hydrogen (secondary N) is 1. The van der Waals surface area contributed by atoms with Gasteiger partial charge in [0, 0.05) is 37.0 Å². The Labute approximate surface area is 186 Å². The molecule has 0 saturated carbocycles. The van der Waals surface area contributed by atoms with Crippen molar-refractivity contribution in [3.8, 4) is 0 Å². The second kappa shape index (κ2) is 8.99. The lowest BCUT2D eigenvalue weighted by atomic mass is 10.2. The number of aliphatic imine (C=N–C) groups is 1. The highest BCUT2D eigenvalue weighted by molar-refractivity contribution is 8.15. The smallest absolute Gasteiger partial charge is 0.281 e. The number of aromatic nitrogens is 2. The normalized spacial score (nSPS) is 16.8. The summed E-state index contributed by atoms with van der Waals surface area (Å²) in [6.07, 6.45) is 1.47. The molecule has 8 nitrogen and oxygen atoms in total. The van der Waals surface area contributed by atoms with Crippen LogP contribution in [0.5, 0.6) is 0 Å². The van der Waals surface area contributed by atoms with Gasteiger partial charge in [0.25, 0.3) is 10.0 Å². The molecule has 0 radical (unpaired) electrons. The molecular weight excluding hydrogens is 434 g/mol. The highest BCUT2D eigenvalue weighted by Gasteiger charge is 2.26. The van der Waals surface area contributed by atoms with E-state index in [0.717, 1.165) is 28.2 Å². The Hall–Kier alpha value is -2.40. The fraction of sp³-hybridized carbons (Fsp3) is 0.333. The van der Waals surface area contributed by atoms with E-state index in [-0.39, 0.29) is 11.6 Å². The molecule has 164 valence electrons. The van der Waals surface area contributed by atoms with Gasteiger partial charge in [-0.1, -0.05) is 30.0 Å². The van der Waals surface area contributed by atoms with E-state index < -0.39 is 10.0 Å². The van der Waals surface area contributed by atoms with Crippen molar-refractivity contribution in [2.75, 3.05) is 44.6 Å². The lowest BCUT2D eigenvalue weighted by Gasteiger charge is -2.19. The van der Waals surface area contributed by atoms with Gasteiger partial charge in [-0.15, -0.1) is 0 Å². The molecule has 3 aromatic rings. The molecule has 3 heterocycles. The molecule has 1 aliphatic heterocycles. The van der Waals surface area contributed by atoms with Gasteiger partial charge >= 0.3 is 0 Å². The quantitative estimate of drug-likeness (QED) is 0.535. The summed E-state index contributed by atoms with van der Waals surface area (Å²) in [6, 6.07) is 12.4. The van der Waals surface area contributed by atoms with Crippen LogP contribution in [-0.4, -0.2) is 79.0 Å². The second-order valence-electron chi connectivity index (χ2n) is 7.44. The Morgan fingerprint density at radius 3 is 2.81 bits per heavy atom. The number of hydrogen-bond donors (Lipinski definition) is 2. The van der Waals surface area contributed by atoms with Crippen molar-refractivity contribution < 1.29 is 13.5 Å². The van der Waals surface area contributed by atoms with E-state index in [9.17, 15) is 8.42 Å². The molecule has 4 rings (SSSR count). The number of benzene rings is 1. The molecule has 1 unspecified atom stereocenters. The fourth-order valence-corrected chi connectivity index (χ4v) is 5.87. The lowest BCUT2D eigenvalue weighted by molar-refractivity contribution is 0.222. The number of thioether (sulfide) groups is 1. The summed E-state index contributed by atoms with van der Waals surface area (Å²) in [5.74, 6) is 0. The molecule has 0 bridgehead atoms. The van der Waals surface area contributed by atoms with Gasteiger partial charge in [-0.05, 0) is 31.3 Å². The van der Waals surface area contributed by atoms with E-state index >= 15 is 0 Å². The van der Waals surface area contributed by atoms with Crippen molar-refractivity contribution in [1.29, 1.82) is 0 Å². The summed E-state index contributed by atoms with van der Waals surface area (Å²) in [5, 5.41) is 11.3. The number of pyridine rings is 1. The van der Waals surface area contributed by atoms with E-state index in [0.29, 0.717) is 24.0 Å². The monoisotopic (exact) mass is 459 g/mol. The van der Waals surface area contributed by atoms with Crippen LogP contribution in [0, 0.1) is 0 Å². The standard InChI is InChI=1S/C21H25N5O3S2/c1-25(10-11-27)14-16-13-23-21(30-16)17-12-15-6-5-7-18(20(15)24-17)26(2)31(28,29)19-8-3-4-9-22-19/h3-9,12,16,24,27H,10-11,13-14H2,1-2H3. The summed E-state index contributed by atoms with van der Waals surface area (Å²) >= 11 is 1.70. The first-order valence-electron chi connectivity index (χ1n) is 9.92. The fourth-order valence-electron chi connectivity index (χ4n) is 3.56. The summed E-state index contributed by atoms with van der Waals surface area (Å²) in [4.78, 5) is 14.2. The minimum atomic E-state index is -3.78. The Kier molecular flexibility index (Phi) is 6.33. The number of aliphatic hydroxyl groups excluding tert-OH is 1. The van der Waals surface area contributed by atoms with E-state index in [1.807, 2.05) is 25.2 Å². The van der Waals surface area contributed by atoms with Gasteiger partial charge in [0.2, 0.25) is 0 Å². The number of fused-ring (bicyclic) bond motifs is 1. The molecule has 0 aliphatic carbocycles. The Bertz CT molecular complexity index is 1190. The predicted octanol–water partition coefficient (Wildman–Crippen LogP) is 2.17. The number of anilines is 1. The minimum Gasteiger partial charge on any atom is -0.395 e. The highest BCUT2D eigenvalue weighted by atomic mass is 32.2. The lowest BCUT2D eigenvalue weighted by Crippen LogP contribution is -2.30. The van der Waals surface area contributed by atoms with Gasteiger partial charge in [0.15, 0.2) is 5.03 Å². The SMILES string of the molecule is CN(CCO)CC1CN=C(c2cc3cccc(N(C)S(=O)(=O)c4ccccn4)c3[nH]2)S1. The Morgan fingerprint density at radius 1 is 1.23 bits per heavy atom. The van der Waals surface area contributed by atoms with E-state index in [1.54, 1.807) is 30.0 Å². The average Bonchev–Trinajstić information content (AvgIpc) is 3.40. The van der Waals surface area contributed by atoms with Crippen LogP contribution < -0.4 is 4.31 Å². The van der Waals surface area contributed by atoms with Crippen LogP contribution in [0.3, 0.4) is 0 Å². The molecular formula is C21H25N5O3S2. The first kappa shape index (κ1) is 21.8. The third-order valence-corrected chi connectivity index (χ3v) is 8.07. The van der Waals surface area contributed by atoms with Gasteiger partial charge in [-0.25, -0.2) is 4.98 Å². The third-order valence-electron chi connectivity index (χ3n) is 5.18. The highest BCUT2D eigenvalue weighted by Crippen LogP contribution is 2.32. The second-order valence-corrected chi connectivity index (χ2v) is 10.6. The first-order valence-corrected chi connectivity index (χ1v) is 12.2. The van der Waals surface area contributed by atoms with E-state index in [4.69, 9.17) is 5.11 Å². The number of para-hydroxylation sites is 1. The zero-order chi connectivity index (χ0) is 22.0. The molecule has 1 aromatic carbocycles. The third kappa shape index (κ3) is 4.47. The molecule has 1 aliphatic rings. The van der Waals surface area contributed by atoms with Crippen molar-refractivity contribution in [1.82, 2.24) is 14.9 Å². The van der Waals surface area contributed by atoms with Gasteiger partial charge in [0.1, 0.15) is 5.04 Å². The van der Waals surface area contributed by atoms with Crippen LogP contribution in [-0.2, 0) is 10.0 Å². The largest absolute Gasteiger partial charge is 0.395 e. The Balaban J connectivity index is 1.60. The molecule has 0 spiro atoms. The number of aliphatic hydroxyl groups is 1. The first-order chi connectivity index (χ1) is 14.9. The van der Waals surface area contributed by atoms with Gasteiger partial charge in [0.05, 0.1) is 30.0 Å². The average molecular weight is 460 g/mol. The maximum atomic E-state index is 13.0. The number of nitrogens with zero attached hydrogens (tertiary/aromatic N) is 4. The van der Waals surface area contributed by atoms with Gasteiger partial charge in [-0.2, -0.15) is 8.42 Å². The number of H-pyrrole nitrogens is 1. The molecule has 0 amide bonds. The van der Waals surface area contributed by atoms with Crippen molar-refractivity contribution in [3.63, 3.8) is 0 Å². The van der Waals surface area contributed by atoms with Gasteiger partial charge in [-0.3, -0.25) is 9.30 Å². The van der Waals surface area contributed by atoms with Crippen LogP contribution in [0.25, 0.3) is 10.9 Å². The molecule has 31 heavy (non-hydrogen) atoms. The van der Waals surface area contributed by atoms with Crippen molar-refractivity contribution in [2.45, 2.75) is 10.3 Å². The summed E-state index contributed by atoms with van der Waals surface area (Å²) < 4.78 is 27.3. The molecule has 2 aromatic heterocycles. The zero-order valence-corrected chi connectivity index (χ0v) is 19.0. The topological polar surface area (TPSA) is 102 Å². The minimum absolute atomic E-state index is 0.00634. The number of hydrogen-bond acceptors (Lipinski definition) is 7. The zero-order valence-electron chi connectivity index (χ0n) is 17.4. The van der Waals surface area contributed by atoms with Crippen molar-refractivity contribution >= 4 is 43.4 Å². The number of likely N-dealkylation sites (N-methyl/N-ethyl adjacent to an activating group) is 1. The summed E-state index contributed by atoms with van der Waals surface area (Å²) in [6.45, 7) is 2.33. The van der Waals surface area contributed by atoms with E-state index in [1.165, 1.54) is 23.6 Å². The number of aromatic amines is 1. The Morgan fingerprint density at radius 2 is 2.06 bits per heavy atom. The maximum Gasteiger partial charge on any atom is 0.281 e. The molecule has 0 fully saturated rings. The van der Waals surface area contributed by atoms with Crippen molar-refractivity contribution in [2.24, 2.45) is 4.99 Å². The van der Waals surface area contributed by atoms with Crippen LogP contribution >= 0.6 is 11.8 Å². The predicted molar refractivity (Wildman–Crippen MR) is 125 cm³/mol. The van der Waals surface area contributed by atoms with Crippen LogP contribution in [0.1, 0.15) is 5.69 Å². The molecule has 10 heteroatoms. The van der Waals surface area contributed by atoms with Crippen molar-refractivity contribution in [3.05, 3.63) is 54.4 Å². The summed E-state index contributed by atoms with van der Waals surface area (Å²) in [7, 11) is -0.256. The van der Waals surface area contributed by atoms with Crippen LogP contribution in [0.4, 0.5) is 5.69 Å². The van der Waals surface area contributed by atoms with Crippen LogP contribution in [0.15, 0.2) is 58.7 Å². The van der Waals surface area contributed by atoms with Crippen LogP contribution in [0.2, 0.25) is 0 Å². The molecule has 0 saturated heterocycles.